The molecule has 1 saturated carbocycles. The lowest BCUT2D eigenvalue weighted by Crippen LogP contribution is -2.35. The summed E-state index contributed by atoms with van der Waals surface area (Å²) < 4.78 is 1.87. The van der Waals surface area contributed by atoms with Gasteiger partial charge in [-0.1, -0.05) is 0 Å². The van der Waals surface area contributed by atoms with Crippen molar-refractivity contribution in [3.05, 3.63) is 18.0 Å². The largest absolute Gasteiger partial charge is 0.353 e. The third kappa shape index (κ3) is 2.32. The van der Waals surface area contributed by atoms with Crippen molar-refractivity contribution in [2.45, 2.75) is 38.1 Å². The second-order valence-corrected chi connectivity index (χ2v) is 5.93. The summed E-state index contributed by atoms with van der Waals surface area (Å²) in [5, 5.41) is 16.1. The van der Waals surface area contributed by atoms with Gasteiger partial charge in [0, 0.05) is 32.0 Å². The van der Waals surface area contributed by atoms with Crippen LogP contribution < -0.4 is 10.2 Å². The van der Waals surface area contributed by atoms with Gasteiger partial charge in [-0.2, -0.15) is 4.52 Å². The number of nitrogens with one attached hydrogen (secondary N) is 1. The molecule has 110 valence electrons. The van der Waals surface area contributed by atoms with Crippen LogP contribution in [-0.4, -0.2) is 44.8 Å². The number of nitrogens with zero attached hydrogens (tertiary/aromatic N) is 5. The van der Waals surface area contributed by atoms with Gasteiger partial charge in [0.05, 0.1) is 0 Å². The molecule has 7 heteroatoms. The van der Waals surface area contributed by atoms with E-state index in [4.69, 9.17) is 5.10 Å². The van der Waals surface area contributed by atoms with Crippen molar-refractivity contribution in [1.82, 2.24) is 25.1 Å². The predicted molar refractivity (Wildman–Crippen MR) is 77.2 cm³/mol. The molecule has 7 nitrogen and oxygen atoms in total. The van der Waals surface area contributed by atoms with E-state index in [1.54, 1.807) is 6.92 Å². The van der Waals surface area contributed by atoms with E-state index in [-0.39, 0.29) is 11.9 Å². The van der Waals surface area contributed by atoms with E-state index < -0.39 is 0 Å². The number of carbonyl (C=O) groups excluding carboxylic acids is 1. The highest BCUT2D eigenvalue weighted by molar-refractivity contribution is 5.73. The third-order valence-corrected chi connectivity index (χ3v) is 4.13. The fourth-order valence-corrected chi connectivity index (χ4v) is 2.93. The van der Waals surface area contributed by atoms with Crippen LogP contribution in [0, 0.1) is 0 Å². The van der Waals surface area contributed by atoms with E-state index in [0.29, 0.717) is 5.92 Å². The SMILES string of the molecule is CC(=O)NC1CCN(c2ccc3nnc(C4CC4)n3n2)C1. The molecule has 0 bridgehead atoms. The molecule has 4 rings (SSSR count). The fraction of sp³-hybridized carbons (Fsp3) is 0.571. The van der Waals surface area contributed by atoms with Crippen molar-refractivity contribution in [1.29, 1.82) is 0 Å². The Morgan fingerprint density at radius 3 is 2.90 bits per heavy atom. The standard InChI is InChI=1S/C14H18N6O/c1-9(21)15-11-6-7-19(8-11)13-5-4-12-16-17-14(10-2-3-10)20(12)18-13/h4-5,10-11H,2-3,6-8H2,1H3,(H,15,21). The van der Waals surface area contributed by atoms with Crippen LogP contribution in [0.5, 0.6) is 0 Å². The first-order valence-corrected chi connectivity index (χ1v) is 7.45. The van der Waals surface area contributed by atoms with Gasteiger partial charge in [-0.05, 0) is 31.4 Å². The van der Waals surface area contributed by atoms with Crippen LogP contribution in [0.4, 0.5) is 5.82 Å². The Labute approximate surface area is 122 Å². The van der Waals surface area contributed by atoms with Crippen molar-refractivity contribution in [2.24, 2.45) is 0 Å². The minimum absolute atomic E-state index is 0.0279. The Bertz CT molecular complexity index is 692. The van der Waals surface area contributed by atoms with Crippen LogP contribution in [-0.2, 0) is 4.79 Å². The highest BCUT2D eigenvalue weighted by Crippen LogP contribution is 2.38. The number of aromatic nitrogens is 4. The summed E-state index contributed by atoms with van der Waals surface area (Å²) in [5.41, 5.74) is 0.804. The number of rotatable bonds is 3. The normalized spacial score (nSPS) is 22.0. The summed E-state index contributed by atoms with van der Waals surface area (Å²) in [6, 6.07) is 4.16. The summed E-state index contributed by atoms with van der Waals surface area (Å²) in [5.74, 6) is 2.45. The summed E-state index contributed by atoms with van der Waals surface area (Å²) in [6.07, 6.45) is 3.32. The Morgan fingerprint density at radius 1 is 1.29 bits per heavy atom. The van der Waals surface area contributed by atoms with Gasteiger partial charge in [0.1, 0.15) is 5.82 Å². The van der Waals surface area contributed by atoms with Gasteiger partial charge in [-0.25, -0.2) is 0 Å². The molecule has 1 N–H and O–H groups in total. The monoisotopic (exact) mass is 286 g/mol. The lowest BCUT2D eigenvalue weighted by Gasteiger charge is -2.17. The molecule has 0 aromatic carbocycles. The molecule has 2 aliphatic rings. The molecule has 1 aliphatic carbocycles. The first-order valence-electron chi connectivity index (χ1n) is 7.45. The Kier molecular flexibility index (Phi) is 2.80. The van der Waals surface area contributed by atoms with Crippen LogP contribution in [0.15, 0.2) is 12.1 Å². The van der Waals surface area contributed by atoms with Gasteiger partial charge >= 0.3 is 0 Å². The zero-order valence-corrected chi connectivity index (χ0v) is 12.0. The van der Waals surface area contributed by atoms with E-state index in [1.165, 1.54) is 12.8 Å². The van der Waals surface area contributed by atoms with Gasteiger partial charge < -0.3 is 10.2 Å². The van der Waals surface area contributed by atoms with Crippen LogP contribution in [0.1, 0.15) is 37.9 Å². The molecule has 1 amide bonds. The molecular weight excluding hydrogens is 268 g/mol. The van der Waals surface area contributed by atoms with Crippen molar-refractivity contribution in [3.8, 4) is 0 Å². The molecule has 1 saturated heterocycles. The lowest BCUT2D eigenvalue weighted by molar-refractivity contribution is -0.119. The Hall–Kier alpha value is -2.18. The molecule has 3 heterocycles. The second-order valence-electron chi connectivity index (χ2n) is 5.93. The molecule has 2 fully saturated rings. The van der Waals surface area contributed by atoms with Crippen LogP contribution in [0.25, 0.3) is 5.65 Å². The molecule has 2 aromatic rings. The average Bonchev–Trinajstić information content (AvgIpc) is 3.05. The minimum Gasteiger partial charge on any atom is -0.353 e. The first kappa shape index (κ1) is 12.6. The summed E-state index contributed by atoms with van der Waals surface area (Å²) >= 11 is 0. The van der Waals surface area contributed by atoms with E-state index in [2.05, 4.69) is 20.4 Å². The van der Waals surface area contributed by atoms with Crippen LogP contribution in [0.3, 0.4) is 0 Å². The fourth-order valence-electron chi connectivity index (χ4n) is 2.93. The van der Waals surface area contributed by atoms with Crippen molar-refractivity contribution in [2.75, 3.05) is 18.0 Å². The van der Waals surface area contributed by atoms with E-state index in [9.17, 15) is 4.79 Å². The number of hydrogen-bond donors (Lipinski definition) is 1. The summed E-state index contributed by atoms with van der Waals surface area (Å²) in [7, 11) is 0. The molecular formula is C14H18N6O. The Morgan fingerprint density at radius 2 is 2.14 bits per heavy atom. The third-order valence-electron chi connectivity index (χ3n) is 4.13. The van der Waals surface area contributed by atoms with E-state index >= 15 is 0 Å². The number of fused-ring (bicyclic) bond motifs is 1. The predicted octanol–water partition coefficient (Wildman–Crippen LogP) is 0.716. The van der Waals surface area contributed by atoms with Crippen LogP contribution >= 0.6 is 0 Å². The van der Waals surface area contributed by atoms with Crippen molar-refractivity contribution in [3.63, 3.8) is 0 Å². The summed E-state index contributed by atoms with van der Waals surface area (Å²) in [4.78, 5) is 13.3. The molecule has 1 aliphatic heterocycles. The molecule has 0 spiro atoms. The summed E-state index contributed by atoms with van der Waals surface area (Å²) in [6.45, 7) is 3.27. The van der Waals surface area contributed by atoms with Gasteiger partial charge in [0.25, 0.3) is 0 Å². The molecule has 1 unspecified atom stereocenters. The smallest absolute Gasteiger partial charge is 0.217 e. The van der Waals surface area contributed by atoms with Crippen molar-refractivity contribution < 1.29 is 4.79 Å². The Balaban J connectivity index is 1.59. The van der Waals surface area contributed by atoms with E-state index in [1.807, 2.05) is 16.6 Å². The van der Waals surface area contributed by atoms with Gasteiger partial charge in [0.15, 0.2) is 11.5 Å². The average molecular weight is 286 g/mol. The maximum absolute atomic E-state index is 11.1. The van der Waals surface area contributed by atoms with Gasteiger partial charge in [-0.3, -0.25) is 4.79 Å². The molecule has 1 atom stereocenters. The zero-order valence-electron chi connectivity index (χ0n) is 12.0. The molecule has 2 aromatic heterocycles. The highest BCUT2D eigenvalue weighted by Gasteiger charge is 2.30. The van der Waals surface area contributed by atoms with Gasteiger partial charge in [-0.15, -0.1) is 15.3 Å². The van der Waals surface area contributed by atoms with Crippen molar-refractivity contribution >= 4 is 17.4 Å². The molecule has 21 heavy (non-hydrogen) atoms. The zero-order chi connectivity index (χ0) is 14.4. The van der Waals surface area contributed by atoms with E-state index in [0.717, 1.165) is 36.8 Å². The maximum atomic E-state index is 11.1. The first-order chi connectivity index (χ1) is 10.2. The number of anilines is 1. The minimum atomic E-state index is 0.0279. The lowest BCUT2D eigenvalue weighted by atomic mass is 10.3. The second kappa shape index (κ2) is 4.68. The maximum Gasteiger partial charge on any atom is 0.217 e. The van der Waals surface area contributed by atoms with Gasteiger partial charge in [0.2, 0.25) is 5.91 Å². The number of amides is 1. The topological polar surface area (TPSA) is 75.4 Å². The number of carbonyl (C=O) groups is 1. The van der Waals surface area contributed by atoms with Crippen LogP contribution in [0.2, 0.25) is 0 Å². The number of hydrogen-bond acceptors (Lipinski definition) is 5. The molecule has 0 radical (unpaired) electrons. The quantitative estimate of drug-likeness (QED) is 0.899. The highest BCUT2D eigenvalue weighted by atomic mass is 16.1.